The number of methoxy groups -OCH3 is 1. The highest BCUT2D eigenvalue weighted by Gasteiger charge is 2.27. The van der Waals surface area contributed by atoms with Crippen LogP contribution in [0.25, 0.3) is 10.9 Å². The summed E-state index contributed by atoms with van der Waals surface area (Å²) in [6, 6.07) is 8.02. The summed E-state index contributed by atoms with van der Waals surface area (Å²) in [6.07, 6.45) is 2.71. The van der Waals surface area contributed by atoms with Gasteiger partial charge < -0.3 is 14.6 Å². The lowest BCUT2D eigenvalue weighted by atomic mass is 9.88. The zero-order valence-corrected chi connectivity index (χ0v) is 12.6. The molecule has 20 heavy (non-hydrogen) atoms. The Morgan fingerprint density at radius 3 is 2.80 bits per heavy atom. The number of hydrogen-bond acceptors (Lipinski definition) is 2. The molecule has 0 bridgehead atoms. The number of anilines is 1. The topological polar surface area (TPSA) is 43.3 Å². The van der Waals surface area contributed by atoms with Gasteiger partial charge in [0, 0.05) is 43.6 Å². The molecule has 108 valence electrons. The minimum atomic E-state index is -0.445. The van der Waals surface area contributed by atoms with E-state index < -0.39 is 5.41 Å². The zero-order chi connectivity index (χ0) is 14.8. The van der Waals surface area contributed by atoms with Crippen LogP contribution in [0.15, 0.2) is 30.5 Å². The fraction of sp³-hybridized carbons (Fsp3) is 0.438. The van der Waals surface area contributed by atoms with E-state index in [-0.39, 0.29) is 5.91 Å². The van der Waals surface area contributed by atoms with Gasteiger partial charge in [0.25, 0.3) is 0 Å². The number of fused-ring (bicyclic) bond motifs is 1. The Hall–Kier alpha value is -1.81. The van der Waals surface area contributed by atoms with Crippen LogP contribution in [0.5, 0.6) is 0 Å². The number of hydrogen-bond donors (Lipinski definition) is 1. The van der Waals surface area contributed by atoms with E-state index in [1.807, 2.05) is 49.9 Å². The summed E-state index contributed by atoms with van der Waals surface area (Å²) in [6.45, 7) is 4.45. The second-order valence-electron chi connectivity index (χ2n) is 5.78. The molecule has 0 atom stereocenters. The van der Waals surface area contributed by atoms with E-state index in [0.717, 1.165) is 11.2 Å². The molecule has 2 rings (SSSR count). The molecule has 0 radical (unpaired) electrons. The lowest BCUT2D eigenvalue weighted by Gasteiger charge is -2.23. The van der Waals surface area contributed by atoms with Gasteiger partial charge >= 0.3 is 0 Å². The van der Waals surface area contributed by atoms with Crippen LogP contribution >= 0.6 is 0 Å². The van der Waals surface area contributed by atoms with Gasteiger partial charge in [-0.1, -0.05) is 19.9 Å². The van der Waals surface area contributed by atoms with Crippen LogP contribution in [0.3, 0.4) is 0 Å². The first kappa shape index (κ1) is 14.6. The van der Waals surface area contributed by atoms with Crippen molar-refractivity contribution >= 4 is 22.5 Å². The molecule has 0 aliphatic rings. The van der Waals surface area contributed by atoms with Crippen molar-refractivity contribution in [1.29, 1.82) is 0 Å². The molecule has 4 nitrogen and oxygen atoms in total. The molecule has 0 fully saturated rings. The first-order valence-electron chi connectivity index (χ1n) is 6.79. The van der Waals surface area contributed by atoms with E-state index in [4.69, 9.17) is 4.74 Å². The average Bonchev–Trinajstić information content (AvgIpc) is 2.78. The molecular weight excluding hydrogens is 252 g/mol. The van der Waals surface area contributed by atoms with Crippen LogP contribution in [0.2, 0.25) is 0 Å². The monoisotopic (exact) mass is 274 g/mol. The minimum absolute atomic E-state index is 0.0168. The maximum atomic E-state index is 12.3. The number of ether oxygens (including phenoxy) is 1. The second kappa shape index (κ2) is 5.67. The van der Waals surface area contributed by atoms with Crippen molar-refractivity contribution in [2.45, 2.75) is 20.3 Å². The molecule has 0 spiro atoms. The van der Waals surface area contributed by atoms with Crippen molar-refractivity contribution in [3.05, 3.63) is 30.5 Å². The Morgan fingerprint density at radius 2 is 2.10 bits per heavy atom. The van der Waals surface area contributed by atoms with Gasteiger partial charge in [0.2, 0.25) is 5.91 Å². The van der Waals surface area contributed by atoms with Gasteiger partial charge in [-0.05, 0) is 30.0 Å². The first-order valence-corrected chi connectivity index (χ1v) is 6.79. The summed E-state index contributed by atoms with van der Waals surface area (Å²) in [5, 5.41) is 4.16. The smallest absolute Gasteiger partial charge is 0.230 e. The molecule has 1 heterocycles. The third-order valence-corrected chi connectivity index (χ3v) is 3.69. The van der Waals surface area contributed by atoms with E-state index >= 15 is 0 Å². The van der Waals surface area contributed by atoms with Gasteiger partial charge in [0.05, 0.1) is 0 Å². The molecule has 1 amide bonds. The van der Waals surface area contributed by atoms with Crippen LogP contribution in [0.4, 0.5) is 5.69 Å². The number of nitrogens with zero attached hydrogens (tertiary/aromatic N) is 1. The van der Waals surface area contributed by atoms with Crippen molar-refractivity contribution < 1.29 is 9.53 Å². The summed E-state index contributed by atoms with van der Waals surface area (Å²) in [5.41, 5.74) is 1.49. The Morgan fingerprint density at radius 1 is 1.35 bits per heavy atom. The summed E-state index contributed by atoms with van der Waals surface area (Å²) >= 11 is 0. The summed E-state index contributed by atoms with van der Waals surface area (Å²) < 4.78 is 7.10. The van der Waals surface area contributed by atoms with Gasteiger partial charge in [-0.25, -0.2) is 0 Å². The van der Waals surface area contributed by atoms with Crippen LogP contribution in [-0.4, -0.2) is 24.2 Å². The maximum Gasteiger partial charge on any atom is 0.230 e. The summed E-state index contributed by atoms with van der Waals surface area (Å²) in [4.78, 5) is 12.3. The first-order chi connectivity index (χ1) is 9.44. The average molecular weight is 274 g/mol. The van der Waals surface area contributed by atoms with E-state index in [9.17, 15) is 4.79 Å². The number of aryl methyl sites for hydroxylation is 1. The van der Waals surface area contributed by atoms with Crippen molar-refractivity contribution in [2.75, 3.05) is 19.0 Å². The number of amides is 1. The minimum Gasteiger partial charge on any atom is -0.385 e. The molecular formula is C16H22N2O2. The number of nitrogens with one attached hydrogen (secondary N) is 1. The fourth-order valence-corrected chi connectivity index (χ4v) is 2.11. The zero-order valence-electron chi connectivity index (χ0n) is 12.6. The highest BCUT2D eigenvalue weighted by Crippen LogP contribution is 2.25. The van der Waals surface area contributed by atoms with Gasteiger partial charge in [0.1, 0.15) is 0 Å². The Balaban J connectivity index is 2.14. The van der Waals surface area contributed by atoms with E-state index in [1.165, 1.54) is 5.39 Å². The standard InChI is InChI=1S/C16H22N2O2/c1-16(2,8-10-20-4)15(19)17-13-6-5-12-7-9-18(3)14(12)11-13/h5-7,9,11H,8,10H2,1-4H3,(H,17,19). The Bertz CT molecular complexity index is 614. The Labute approximate surface area is 119 Å². The number of rotatable bonds is 5. The lowest BCUT2D eigenvalue weighted by Crippen LogP contribution is -2.31. The molecule has 4 heteroatoms. The van der Waals surface area contributed by atoms with Gasteiger partial charge in [0.15, 0.2) is 0 Å². The van der Waals surface area contributed by atoms with Crippen LogP contribution in [0.1, 0.15) is 20.3 Å². The molecule has 2 aromatic rings. The third-order valence-electron chi connectivity index (χ3n) is 3.69. The molecule has 1 aromatic heterocycles. The summed E-state index contributed by atoms with van der Waals surface area (Å²) in [5.74, 6) is 0.0168. The number of benzene rings is 1. The van der Waals surface area contributed by atoms with Crippen LogP contribution in [-0.2, 0) is 16.6 Å². The lowest BCUT2D eigenvalue weighted by molar-refractivity contribution is -0.124. The van der Waals surface area contributed by atoms with Crippen molar-refractivity contribution in [3.8, 4) is 0 Å². The highest BCUT2D eigenvalue weighted by molar-refractivity contribution is 5.96. The molecule has 1 aromatic carbocycles. The van der Waals surface area contributed by atoms with E-state index in [0.29, 0.717) is 13.0 Å². The SMILES string of the molecule is COCCC(C)(C)C(=O)Nc1ccc2ccn(C)c2c1. The largest absolute Gasteiger partial charge is 0.385 e. The summed E-state index contributed by atoms with van der Waals surface area (Å²) in [7, 11) is 3.65. The predicted molar refractivity (Wildman–Crippen MR) is 81.8 cm³/mol. The molecule has 0 unspecified atom stereocenters. The molecule has 0 saturated heterocycles. The quantitative estimate of drug-likeness (QED) is 0.910. The van der Waals surface area contributed by atoms with Crippen LogP contribution in [0, 0.1) is 5.41 Å². The predicted octanol–water partition coefficient (Wildman–Crippen LogP) is 3.18. The molecule has 0 aliphatic carbocycles. The van der Waals surface area contributed by atoms with Crippen molar-refractivity contribution in [2.24, 2.45) is 12.5 Å². The molecule has 0 saturated carbocycles. The van der Waals surface area contributed by atoms with Gasteiger partial charge in [-0.3, -0.25) is 4.79 Å². The van der Waals surface area contributed by atoms with Gasteiger partial charge in [-0.15, -0.1) is 0 Å². The second-order valence-corrected chi connectivity index (χ2v) is 5.78. The van der Waals surface area contributed by atoms with Crippen LogP contribution < -0.4 is 5.32 Å². The van der Waals surface area contributed by atoms with Crippen molar-refractivity contribution in [3.63, 3.8) is 0 Å². The number of carbonyl (C=O) groups is 1. The molecule has 1 N–H and O–H groups in total. The normalized spacial score (nSPS) is 11.8. The number of carbonyl (C=O) groups excluding carboxylic acids is 1. The third kappa shape index (κ3) is 3.02. The molecule has 0 aliphatic heterocycles. The van der Waals surface area contributed by atoms with E-state index in [2.05, 4.69) is 11.4 Å². The maximum absolute atomic E-state index is 12.3. The van der Waals surface area contributed by atoms with Gasteiger partial charge in [-0.2, -0.15) is 0 Å². The van der Waals surface area contributed by atoms with Crippen molar-refractivity contribution in [1.82, 2.24) is 4.57 Å². The highest BCUT2D eigenvalue weighted by atomic mass is 16.5. The fourth-order valence-electron chi connectivity index (χ4n) is 2.11. The number of aromatic nitrogens is 1. The Kier molecular flexibility index (Phi) is 4.14. The van der Waals surface area contributed by atoms with E-state index in [1.54, 1.807) is 7.11 Å².